The number of hydrogen-bond acceptors (Lipinski definition) is 6. The van der Waals surface area contributed by atoms with E-state index in [4.69, 9.17) is 5.73 Å². The van der Waals surface area contributed by atoms with Gasteiger partial charge in [0, 0.05) is 19.7 Å². The highest BCUT2D eigenvalue weighted by Gasteiger charge is 2.32. The number of aromatic nitrogens is 1. The normalized spacial score (nSPS) is 17.4. The summed E-state index contributed by atoms with van der Waals surface area (Å²) in [5.41, 5.74) is 4.67. The largest absolute Gasteiger partial charge is 0.388 e. The predicted molar refractivity (Wildman–Crippen MR) is 72.0 cm³/mol. The Morgan fingerprint density at radius 1 is 1.53 bits per heavy atom. The fourth-order valence-corrected chi connectivity index (χ4v) is 2.54. The van der Waals surface area contributed by atoms with Gasteiger partial charge in [-0.1, -0.05) is 12.8 Å². The van der Waals surface area contributed by atoms with Crippen molar-refractivity contribution in [3.05, 3.63) is 22.2 Å². The smallest absolute Gasteiger partial charge is 0.311 e. The molecule has 1 aromatic rings. The van der Waals surface area contributed by atoms with Crippen molar-refractivity contribution in [1.82, 2.24) is 4.98 Å². The van der Waals surface area contributed by atoms with Crippen molar-refractivity contribution in [3.8, 4) is 0 Å². The van der Waals surface area contributed by atoms with Crippen molar-refractivity contribution in [2.45, 2.75) is 31.3 Å². The molecule has 0 spiro atoms. The average Bonchev–Trinajstić information content (AvgIpc) is 2.75. The number of likely N-dealkylation sites (N-methyl/N-ethyl adjacent to an activating group) is 1. The second-order valence-electron chi connectivity index (χ2n) is 5.12. The summed E-state index contributed by atoms with van der Waals surface area (Å²) in [5.74, 6) is 0.427. The van der Waals surface area contributed by atoms with Gasteiger partial charge < -0.3 is 15.7 Å². The molecular formula is C12H18N4O3. The van der Waals surface area contributed by atoms with Crippen LogP contribution in [0.1, 0.15) is 25.7 Å². The number of aliphatic hydroxyl groups is 1. The molecule has 1 aliphatic rings. The van der Waals surface area contributed by atoms with Crippen molar-refractivity contribution in [2.75, 3.05) is 24.2 Å². The Bertz CT molecular complexity index is 486. The van der Waals surface area contributed by atoms with Crippen LogP contribution >= 0.6 is 0 Å². The van der Waals surface area contributed by atoms with Crippen molar-refractivity contribution < 1.29 is 10.0 Å². The molecule has 3 N–H and O–H groups in total. The minimum absolute atomic E-state index is 0.104. The highest BCUT2D eigenvalue weighted by Crippen LogP contribution is 2.31. The third-order valence-electron chi connectivity index (χ3n) is 3.54. The summed E-state index contributed by atoms with van der Waals surface area (Å²) in [6.45, 7) is 0.456. The molecule has 0 unspecified atom stereocenters. The molecule has 0 aliphatic heterocycles. The number of nitrogens with two attached hydrogens (primary N) is 1. The van der Waals surface area contributed by atoms with E-state index >= 15 is 0 Å². The van der Waals surface area contributed by atoms with Gasteiger partial charge in [0.05, 0.1) is 10.5 Å². The topological polar surface area (TPSA) is 106 Å². The second kappa shape index (κ2) is 5.00. The molecule has 0 aromatic carbocycles. The summed E-state index contributed by atoms with van der Waals surface area (Å²) < 4.78 is 0. The number of rotatable bonds is 4. The zero-order valence-electron chi connectivity index (χ0n) is 10.9. The Hall–Kier alpha value is -1.89. The van der Waals surface area contributed by atoms with Crippen LogP contribution in [0.5, 0.6) is 0 Å². The molecule has 2 rings (SSSR count). The molecule has 0 saturated heterocycles. The Morgan fingerprint density at radius 3 is 2.68 bits per heavy atom. The summed E-state index contributed by atoms with van der Waals surface area (Å²) in [4.78, 5) is 15.9. The van der Waals surface area contributed by atoms with Gasteiger partial charge in [0.1, 0.15) is 5.82 Å². The van der Waals surface area contributed by atoms with E-state index in [1.807, 2.05) is 0 Å². The van der Waals surface area contributed by atoms with Crippen LogP contribution in [0, 0.1) is 10.1 Å². The first-order valence-electron chi connectivity index (χ1n) is 6.26. The molecule has 7 heteroatoms. The van der Waals surface area contributed by atoms with E-state index in [0.29, 0.717) is 12.4 Å². The van der Waals surface area contributed by atoms with Crippen LogP contribution in [0.25, 0.3) is 0 Å². The molecule has 1 aromatic heterocycles. The van der Waals surface area contributed by atoms with Gasteiger partial charge in [-0.25, -0.2) is 4.98 Å². The van der Waals surface area contributed by atoms with Crippen LogP contribution in [0.15, 0.2) is 12.1 Å². The first-order chi connectivity index (χ1) is 8.91. The lowest BCUT2D eigenvalue weighted by Gasteiger charge is -2.29. The van der Waals surface area contributed by atoms with E-state index in [9.17, 15) is 15.2 Å². The fraction of sp³-hybridized carbons (Fsp3) is 0.583. The summed E-state index contributed by atoms with van der Waals surface area (Å²) in [6, 6.07) is 2.89. The summed E-state index contributed by atoms with van der Waals surface area (Å²) >= 11 is 0. The van der Waals surface area contributed by atoms with Crippen molar-refractivity contribution in [2.24, 2.45) is 0 Å². The Labute approximate surface area is 111 Å². The van der Waals surface area contributed by atoms with Crippen LogP contribution in [-0.2, 0) is 0 Å². The predicted octanol–water partition coefficient (Wildman–Crippen LogP) is 1.31. The van der Waals surface area contributed by atoms with Gasteiger partial charge in [0.2, 0.25) is 5.82 Å². The van der Waals surface area contributed by atoms with Crippen molar-refractivity contribution in [3.63, 3.8) is 0 Å². The Balaban J connectivity index is 2.13. The van der Waals surface area contributed by atoms with E-state index in [1.54, 1.807) is 18.0 Å². The highest BCUT2D eigenvalue weighted by molar-refractivity contribution is 5.57. The minimum atomic E-state index is -0.688. The molecule has 1 saturated carbocycles. The lowest BCUT2D eigenvalue weighted by atomic mass is 10.0. The summed E-state index contributed by atoms with van der Waals surface area (Å²) in [5, 5.41) is 21.0. The zero-order chi connectivity index (χ0) is 14.0. The lowest BCUT2D eigenvalue weighted by molar-refractivity contribution is -0.384. The molecule has 1 heterocycles. The summed E-state index contributed by atoms with van der Waals surface area (Å²) in [6.07, 6.45) is 3.61. The van der Waals surface area contributed by atoms with Crippen molar-refractivity contribution >= 4 is 17.3 Å². The first kappa shape index (κ1) is 13.5. The second-order valence-corrected chi connectivity index (χ2v) is 5.12. The van der Waals surface area contributed by atoms with Crippen molar-refractivity contribution in [1.29, 1.82) is 0 Å². The van der Waals surface area contributed by atoms with E-state index in [1.165, 1.54) is 6.07 Å². The van der Waals surface area contributed by atoms with Gasteiger partial charge in [0.15, 0.2) is 0 Å². The van der Waals surface area contributed by atoms with Crippen LogP contribution in [0.3, 0.4) is 0 Å². The Kier molecular flexibility index (Phi) is 3.57. The van der Waals surface area contributed by atoms with E-state index in [2.05, 4.69) is 4.98 Å². The van der Waals surface area contributed by atoms with Crippen LogP contribution in [0.4, 0.5) is 17.3 Å². The van der Waals surface area contributed by atoms with E-state index in [0.717, 1.165) is 25.7 Å². The first-order valence-corrected chi connectivity index (χ1v) is 6.26. The van der Waals surface area contributed by atoms with E-state index in [-0.39, 0.29) is 11.5 Å². The number of pyridine rings is 1. The zero-order valence-corrected chi connectivity index (χ0v) is 10.9. The van der Waals surface area contributed by atoms with Gasteiger partial charge in [-0.05, 0) is 18.9 Å². The number of hydrogen-bond donors (Lipinski definition) is 2. The Morgan fingerprint density at radius 2 is 2.16 bits per heavy atom. The average molecular weight is 266 g/mol. The minimum Gasteiger partial charge on any atom is -0.388 e. The quantitative estimate of drug-likeness (QED) is 0.628. The molecular weight excluding hydrogens is 248 g/mol. The van der Waals surface area contributed by atoms with Crippen LogP contribution < -0.4 is 10.6 Å². The fourth-order valence-electron chi connectivity index (χ4n) is 2.54. The third kappa shape index (κ3) is 2.93. The van der Waals surface area contributed by atoms with Gasteiger partial charge in [-0.3, -0.25) is 10.1 Å². The number of nitrogen functional groups attached to an aromatic ring is 1. The number of anilines is 2. The molecule has 19 heavy (non-hydrogen) atoms. The maximum absolute atomic E-state index is 10.7. The highest BCUT2D eigenvalue weighted by atomic mass is 16.6. The third-order valence-corrected chi connectivity index (χ3v) is 3.54. The molecule has 0 atom stereocenters. The standard InChI is InChI=1S/C12H18N4O3/c1-15(8-12(17)6-2-3-7-12)10-5-4-9(16(18)19)11(13)14-10/h4-5,17H,2-3,6-8H2,1H3,(H2,13,14). The summed E-state index contributed by atoms with van der Waals surface area (Å²) in [7, 11) is 1.80. The number of nitrogens with zero attached hydrogens (tertiary/aromatic N) is 3. The number of nitro groups is 1. The van der Waals surface area contributed by atoms with Gasteiger partial charge in [-0.2, -0.15) is 0 Å². The maximum atomic E-state index is 10.7. The molecule has 7 nitrogen and oxygen atoms in total. The van der Waals surface area contributed by atoms with Gasteiger partial charge in [0.25, 0.3) is 0 Å². The van der Waals surface area contributed by atoms with Gasteiger partial charge in [-0.15, -0.1) is 0 Å². The van der Waals surface area contributed by atoms with E-state index < -0.39 is 10.5 Å². The molecule has 104 valence electrons. The molecule has 1 fully saturated rings. The molecule has 1 aliphatic carbocycles. The molecule has 0 radical (unpaired) electrons. The van der Waals surface area contributed by atoms with Gasteiger partial charge >= 0.3 is 5.69 Å². The lowest BCUT2D eigenvalue weighted by Crippen LogP contribution is -2.39. The van der Waals surface area contributed by atoms with Crippen LogP contribution in [-0.4, -0.2) is 34.2 Å². The molecule has 0 amide bonds. The SMILES string of the molecule is CN(CC1(O)CCCC1)c1ccc([N+](=O)[O-])c(N)n1. The molecule has 0 bridgehead atoms. The van der Waals surface area contributed by atoms with Crippen LogP contribution in [0.2, 0.25) is 0 Å². The monoisotopic (exact) mass is 266 g/mol. The maximum Gasteiger partial charge on any atom is 0.311 e.